The molecule has 0 spiro atoms. The predicted octanol–water partition coefficient (Wildman–Crippen LogP) is 3.24. The molecule has 7 heteroatoms. The van der Waals surface area contributed by atoms with Gasteiger partial charge >= 0.3 is 0 Å². The van der Waals surface area contributed by atoms with Crippen molar-refractivity contribution in [2.75, 3.05) is 10.6 Å². The molecule has 26 heavy (non-hydrogen) atoms. The summed E-state index contributed by atoms with van der Waals surface area (Å²) in [4.78, 5) is 30.9. The molecule has 7 nitrogen and oxygen atoms in total. The second-order valence-electron chi connectivity index (χ2n) is 5.77. The zero-order valence-electron chi connectivity index (χ0n) is 14.3. The standard InChI is InChI=1S/C19H18N4O3/c1-11(12(2)24)6-3-4-9-20-16-17(19(26)18(16)25)23-14-8-5-7-13-15(14)22-10-21-13/h3-10,20,23-24H,1-2H3,(H,21,22)/b6-3-,9-4+,12-11+. The summed E-state index contributed by atoms with van der Waals surface area (Å²) in [5.74, 6) is 0.240. The highest BCUT2D eigenvalue weighted by molar-refractivity contribution is 5.92. The first-order valence-electron chi connectivity index (χ1n) is 7.97. The topological polar surface area (TPSA) is 107 Å². The molecule has 0 radical (unpaired) electrons. The van der Waals surface area contributed by atoms with E-state index in [9.17, 15) is 14.7 Å². The van der Waals surface area contributed by atoms with Crippen LogP contribution in [0.4, 0.5) is 17.1 Å². The van der Waals surface area contributed by atoms with Crippen LogP contribution < -0.4 is 21.5 Å². The molecule has 0 aliphatic heterocycles. The highest BCUT2D eigenvalue weighted by atomic mass is 16.3. The Bertz CT molecular complexity index is 1110. The lowest BCUT2D eigenvalue weighted by Crippen LogP contribution is -2.35. The summed E-state index contributed by atoms with van der Waals surface area (Å²) in [7, 11) is 0. The van der Waals surface area contributed by atoms with E-state index in [2.05, 4.69) is 20.6 Å². The van der Waals surface area contributed by atoms with E-state index >= 15 is 0 Å². The number of allylic oxidation sites excluding steroid dienone is 5. The van der Waals surface area contributed by atoms with E-state index in [1.54, 1.807) is 50.7 Å². The Morgan fingerprint density at radius 2 is 1.92 bits per heavy atom. The van der Waals surface area contributed by atoms with Crippen LogP contribution in [-0.2, 0) is 0 Å². The lowest BCUT2D eigenvalue weighted by Gasteiger charge is -2.13. The van der Waals surface area contributed by atoms with Crippen molar-refractivity contribution in [3.8, 4) is 0 Å². The Balaban J connectivity index is 1.76. The third-order valence-electron chi connectivity index (χ3n) is 3.97. The van der Waals surface area contributed by atoms with Crippen LogP contribution in [0.1, 0.15) is 13.8 Å². The van der Waals surface area contributed by atoms with Gasteiger partial charge in [-0.3, -0.25) is 9.59 Å². The van der Waals surface area contributed by atoms with Crippen LogP contribution in [0.2, 0.25) is 0 Å². The van der Waals surface area contributed by atoms with Gasteiger partial charge in [0.25, 0.3) is 10.9 Å². The fourth-order valence-electron chi connectivity index (χ4n) is 2.36. The number of rotatable bonds is 6. The van der Waals surface area contributed by atoms with Crippen LogP contribution in [0.5, 0.6) is 0 Å². The maximum Gasteiger partial charge on any atom is 0.253 e. The van der Waals surface area contributed by atoms with Crippen molar-refractivity contribution in [3.63, 3.8) is 0 Å². The minimum absolute atomic E-state index is 0.206. The van der Waals surface area contributed by atoms with Gasteiger partial charge in [0.15, 0.2) is 0 Å². The van der Waals surface area contributed by atoms with Gasteiger partial charge < -0.3 is 20.7 Å². The van der Waals surface area contributed by atoms with Crippen LogP contribution in [0.15, 0.2) is 69.9 Å². The van der Waals surface area contributed by atoms with Crippen molar-refractivity contribution in [2.45, 2.75) is 13.8 Å². The molecule has 0 bridgehead atoms. The molecule has 3 rings (SSSR count). The number of nitrogens with one attached hydrogen (secondary N) is 3. The normalized spacial score (nSPS) is 13.0. The highest BCUT2D eigenvalue weighted by Crippen LogP contribution is 2.25. The molecular weight excluding hydrogens is 332 g/mol. The molecular formula is C19H18N4O3. The van der Waals surface area contributed by atoms with Gasteiger partial charge in [0.1, 0.15) is 16.9 Å². The molecule has 0 saturated heterocycles. The number of anilines is 3. The van der Waals surface area contributed by atoms with E-state index in [0.29, 0.717) is 11.2 Å². The largest absolute Gasteiger partial charge is 0.512 e. The maximum atomic E-state index is 11.9. The van der Waals surface area contributed by atoms with Gasteiger partial charge in [-0.2, -0.15) is 0 Å². The smallest absolute Gasteiger partial charge is 0.253 e. The van der Waals surface area contributed by atoms with E-state index in [0.717, 1.165) is 11.1 Å². The van der Waals surface area contributed by atoms with E-state index in [1.807, 2.05) is 12.1 Å². The molecule has 132 valence electrons. The first-order chi connectivity index (χ1) is 12.5. The van der Waals surface area contributed by atoms with Crippen LogP contribution >= 0.6 is 0 Å². The summed E-state index contributed by atoms with van der Waals surface area (Å²) in [5, 5.41) is 15.1. The number of imidazole rings is 1. The number of hydrogen-bond donors (Lipinski definition) is 4. The predicted molar refractivity (Wildman–Crippen MR) is 104 cm³/mol. The number of aliphatic hydroxyl groups excluding tert-OH is 1. The minimum Gasteiger partial charge on any atom is -0.512 e. The number of aromatic amines is 1. The van der Waals surface area contributed by atoms with Crippen molar-refractivity contribution < 1.29 is 5.11 Å². The summed E-state index contributed by atoms with van der Waals surface area (Å²) < 4.78 is 0. The summed E-state index contributed by atoms with van der Waals surface area (Å²) in [5.41, 5.74) is 2.16. The fraction of sp³-hybridized carbons (Fsp3) is 0.105. The lowest BCUT2D eigenvalue weighted by molar-refractivity contribution is 0.409. The van der Waals surface area contributed by atoms with Gasteiger partial charge in [-0.25, -0.2) is 4.98 Å². The molecule has 0 amide bonds. The van der Waals surface area contributed by atoms with E-state index in [1.165, 1.54) is 0 Å². The molecule has 0 aliphatic rings. The summed E-state index contributed by atoms with van der Waals surface area (Å²) in [6.45, 7) is 3.38. The molecule has 0 unspecified atom stereocenters. The van der Waals surface area contributed by atoms with E-state index in [4.69, 9.17) is 0 Å². The lowest BCUT2D eigenvalue weighted by atomic mass is 10.1. The third kappa shape index (κ3) is 3.27. The Labute approximate surface area is 149 Å². The number of para-hydroxylation sites is 1. The Kier molecular flexibility index (Phi) is 4.70. The molecule has 0 aliphatic carbocycles. The van der Waals surface area contributed by atoms with Gasteiger partial charge in [0.2, 0.25) is 0 Å². The number of fused-ring (bicyclic) bond motifs is 1. The number of hydrogen-bond acceptors (Lipinski definition) is 6. The Hall–Kier alpha value is -3.61. The third-order valence-corrected chi connectivity index (χ3v) is 3.97. The van der Waals surface area contributed by atoms with Crippen molar-refractivity contribution in [1.29, 1.82) is 0 Å². The molecule has 0 atom stereocenters. The van der Waals surface area contributed by atoms with Gasteiger partial charge in [-0.1, -0.05) is 18.2 Å². The molecule has 3 aromatic rings. The average Bonchev–Trinajstić information content (AvgIpc) is 3.12. The van der Waals surface area contributed by atoms with Crippen molar-refractivity contribution in [2.24, 2.45) is 0 Å². The fourth-order valence-corrected chi connectivity index (χ4v) is 2.36. The van der Waals surface area contributed by atoms with Gasteiger partial charge in [0, 0.05) is 6.20 Å². The number of aliphatic hydroxyl groups is 1. The number of H-pyrrole nitrogens is 1. The van der Waals surface area contributed by atoms with Crippen LogP contribution in [-0.4, -0.2) is 15.1 Å². The first kappa shape index (κ1) is 17.2. The van der Waals surface area contributed by atoms with Crippen molar-refractivity contribution in [1.82, 2.24) is 9.97 Å². The SMILES string of the molecule is C\C(O)=C(C)/C=C\C=C\Nc1c(Nc2cccc3[nH]cnc23)c(=O)c1=O. The summed E-state index contributed by atoms with van der Waals surface area (Å²) >= 11 is 0. The van der Waals surface area contributed by atoms with Crippen LogP contribution in [0, 0.1) is 0 Å². The molecule has 2 aromatic carbocycles. The first-order valence-corrected chi connectivity index (χ1v) is 7.97. The molecule has 0 fully saturated rings. The minimum atomic E-state index is -0.572. The van der Waals surface area contributed by atoms with Crippen molar-refractivity contribution >= 4 is 28.1 Å². The van der Waals surface area contributed by atoms with E-state index < -0.39 is 10.9 Å². The second-order valence-corrected chi connectivity index (χ2v) is 5.77. The van der Waals surface area contributed by atoms with Gasteiger partial charge in [-0.05, 0) is 37.6 Å². The Morgan fingerprint density at radius 3 is 2.69 bits per heavy atom. The molecule has 1 aromatic heterocycles. The number of nitrogens with zero attached hydrogens (tertiary/aromatic N) is 1. The number of aromatic nitrogens is 2. The summed E-state index contributed by atoms with van der Waals surface area (Å²) in [6, 6.07) is 5.48. The summed E-state index contributed by atoms with van der Waals surface area (Å²) in [6.07, 6.45) is 8.23. The Morgan fingerprint density at radius 1 is 1.15 bits per heavy atom. The van der Waals surface area contributed by atoms with Crippen molar-refractivity contribution in [3.05, 3.63) is 80.7 Å². The van der Waals surface area contributed by atoms with Gasteiger partial charge in [-0.15, -0.1) is 0 Å². The zero-order valence-corrected chi connectivity index (χ0v) is 14.3. The number of benzene rings is 1. The monoisotopic (exact) mass is 350 g/mol. The molecule has 0 saturated carbocycles. The van der Waals surface area contributed by atoms with Crippen LogP contribution in [0.3, 0.4) is 0 Å². The zero-order chi connectivity index (χ0) is 18.7. The quantitative estimate of drug-likeness (QED) is 0.309. The van der Waals surface area contributed by atoms with Crippen LogP contribution in [0.25, 0.3) is 11.0 Å². The second kappa shape index (κ2) is 7.10. The average molecular weight is 350 g/mol. The maximum absolute atomic E-state index is 11.9. The molecule has 4 N–H and O–H groups in total. The van der Waals surface area contributed by atoms with E-state index in [-0.39, 0.29) is 17.1 Å². The molecule has 1 heterocycles. The van der Waals surface area contributed by atoms with Gasteiger partial charge in [0.05, 0.1) is 23.3 Å². The highest BCUT2D eigenvalue weighted by Gasteiger charge is 2.20.